The van der Waals surface area contributed by atoms with Gasteiger partial charge in [-0.3, -0.25) is 14.7 Å². The zero-order valence-electron chi connectivity index (χ0n) is 8.76. The first-order valence-electron chi connectivity index (χ1n) is 5.36. The van der Waals surface area contributed by atoms with Crippen molar-refractivity contribution in [3.05, 3.63) is 22.4 Å². The third kappa shape index (κ3) is 2.15. The summed E-state index contributed by atoms with van der Waals surface area (Å²) in [5.74, 6) is 0.745. The first kappa shape index (κ1) is 10.4. The van der Waals surface area contributed by atoms with E-state index in [0.29, 0.717) is 18.3 Å². The van der Waals surface area contributed by atoms with Gasteiger partial charge in [-0.25, -0.2) is 0 Å². The molecule has 1 aromatic heterocycles. The molecule has 0 bridgehead atoms. The molecular formula is C11H12N2OS2. The Kier molecular flexibility index (Phi) is 2.73. The van der Waals surface area contributed by atoms with Gasteiger partial charge in [0.25, 0.3) is 0 Å². The maximum atomic E-state index is 11.7. The van der Waals surface area contributed by atoms with Gasteiger partial charge >= 0.3 is 0 Å². The number of hydrogen-bond acceptors (Lipinski definition) is 4. The van der Waals surface area contributed by atoms with E-state index in [4.69, 9.17) is 0 Å². The molecule has 1 aliphatic carbocycles. The summed E-state index contributed by atoms with van der Waals surface area (Å²) in [4.78, 5) is 19.4. The fraction of sp³-hybridized carbons (Fsp3) is 0.455. The van der Waals surface area contributed by atoms with Crippen LogP contribution in [0.2, 0.25) is 0 Å². The molecule has 5 heteroatoms. The molecule has 0 N–H and O–H groups in total. The smallest absolute Gasteiger partial charge is 0.239 e. The molecule has 0 aromatic carbocycles. The van der Waals surface area contributed by atoms with E-state index in [0.717, 1.165) is 5.17 Å². The number of amides is 1. The summed E-state index contributed by atoms with van der Waals surface area (Å²) in [6.45, 7) is 0.690. The second-order valence-electron chi connectivity index (χ2n) is 3.99. The highest BCUT2D eigenvalue weighted by Gasteiger charge is 2.31. The number of carbonyl (C=O) groups is 1. The van der Waals surface area contributed by atoms with Gasteiger partial charge < -0.3 is 0 Å². The highest BCUT2D eigenvalue weighted by atomic mass is 32.2. The van der Waals surface area contributed by atoms with Crippen LogP contribution in [-0.4, -0.2) is 27.8 Å². The highest BCUT2D eigenvalue weighted by Crippen LogP contribution is 2.29. The molecule has 2 heterocycles. The van der Waals surface area contributed by atoms with Crippen molar-refractivity contribution < 1.29 is 4.79 Å². The zero-order valence-corrected chi connectivity index (χ0v) is 10.4. The van der Waals surface area contributed by atoms with Crippen LogP contribution in [0.5, 0.6) is 0 Å². The summed E-state index contributed by atoms with van der Waals surface area (Å²) in [5.41, 5.74) is 0. The molecule has 1 saturated carbocycles. The Morgan fingerprint density at radius 2 is 2.38 bits per heavy atom. The SMILES string of the molecule is O=C1CSC(=NC2CC2)N1Cc1cccs1. The fourth-order valence-electron chi connectivity index (χ4n) is 1.57. The fourth-order valence-corrected chi connectivity index (χ4v) is 3.22. The molecule has 2 aliphatic rings. The summed E-state index contributed by atoms with van der Waals surface area (Å²) < 4.78 is 0. The number of nitrogens with zero attached hydrogens (tertiary/aromatic N) is 2. The second-order valence-corrected chi connectivity index (χ2v) is 5.97. The van der Waals surface area contributed by atoms with Gasteiger partial charge in [-0.05, 0) is 24.3 Å². The van der Waals surface area contributed by atoms with E-state index in [1.807, 2.05) is 16.3 Å². The van der Waals surface area contributed by atoms with Gasteiger partial charge in [0, 0.05) is 4.88 Å². The van der Waals surface area contributed by atoms with E-state index in [2.05, 4.69) is 11.1 Å². The largest absolute Gasteiger partial charge is 0.286 e. The topological polar surface area (TPSA) is 32.7 Å². The number of aliphatic imine (C=N–C) groups is 1. The Morgan fingerprint density at radius 3 is 3.06 bits per heavy atom. The van der Waals surface area contributed by atoms with Crippen molar-refractivity contribution in [3.63, 3.8) is 0 Å². The molecule has 0 unspecified atom stereocenters. The average molecular weight is 252 g/mol. The Balaban J connectivity index is 1.77. The normalized spacial score (nSPS) is 23.4. The lowest BCUT2D eigenvalue weighted by molar-refractivity contribution is -0.124. The van der Waals surface area contributed by atoms with Crippen LogP contribution in [0.25, 0.3) is 0 Å². The number of carbonyl (C=O) groups excluding carboxylic acids is 1. The van der Waals surface area contributed by atoms with Crippen LogP contribution in [0.3, 0.4) is 0 Å². The molecular weight excluding hydrogens is 240 g/mol. The summed E-state index contributed by atoms with van der Waals surface area (Å²) in [6, 6.07) is 4.57. The van der Waals surface area contributed by atoms with E-state index in [-0.39, 0.29) is 5.91 Å². The molecule has 3 rings (SSSR count). The quantitative estimate of drug-likeness (QED) is 0.827. The minimum atomic E-state index is 0.192. The lowest BCUT2D eigenvalue weighted by Crippen LogP contribution is -2.28. The molecule has 0 radical (unpaired) electrons. The first-order valence-corrected chi connectivity index (χ1v) is 7.23. The van der Waals surface area contributed by atoms with E-state index in [1.165, 1.54) is 17.7 Å². The van der Waals surface area contributed by atoms with Crippen molar-refractivity contribution in [3.8, 4) is 0 Å². The van der Waals surface area contributed by atoms with E-state index in [1.54, 1.807) is 23.1 Å². The molecule has 0 atom stereocenters. The molecule has 1 aromatic rings. The molecule has 84 valence electrons. The zero-order chi connectivity index (χ0) is 11.0. The summed E-state index contributed by atoms with van der Waals surface area (Å²) in [7, 11) is 0. The molecule has 1 saturated heterocycles. The standard InChI is InChI=1S/C11H12N2OS2/c14-10-7-16-11(12-8-3-4-8)13(10)6-9-2-1-5-15-9/h1-2,5,8H,3-4,6-7H2. The van der Waals surface area contributed by atoms with Gasteiger partial charge in [0.15, 0.2) is 5.17 Å². The molecule has 0 spiro atoms. The van der Waals surface area contributed by atoms with Gasteiger partial charge in [0.1, 0.15) is 0 Å². The summed E-state index contributed by atoms with van der Waals surface area (Å²) in [5, 5.41) is 2.97. The minimum absolute atomic E-state index is 0.192. The van der Waals surface area contributed by atoms with Crippen LogP contribution in [-0.2, 0) is 11.3 Å². The number of rotatable bonds is 3. The molecule has 1 amide bonds. The number of thioether (sulfide) groups is 1. The molecule has 3 nitrogen and oxygen atoms in total. The number of thiophene rings is 1. The molecule has 16 heavy (non-hydrogen) atoms. The summed E-state index contributed by atoms with van der Waals surface area (Å²) >= 11 is 3.27. The minimum Gasteiger partial charge on any atom is -0.286 e. The van der Waals surface area contributed by atoms with Gasteiger partial charge in [0.2, 0.25) is 5.91 Å². The maximum Gasteiger partial charge on any atom is 0.239 e. The number of amidine groups is 1. The van der Waals surface area contributed by atoms with Gasteiger partial charge in [0.05, 0.1) is 18.3 Å². The van der Waals surface area contributed by atoms with Crippen molar-refractivity contribution in [1.82, 2.24) is 4.90 Å². The van der Waals surface area contributed by atoms with Crippen LogP contribution >= 0.6 is 23.1 Å². The molecule has 2 fully saturated rings. The van der Waals surface area contributed by atoms with Crippen LogP contribution in [0, 0.1) is 0 Å². The Hall–Kier alpha value is -0.810. The second kappa shape index (κ2) is 4.22. The van der Waals surface area contributed by atoms with Crippen LogP contribution in [0.15, 0.2) is 22.5 Å². The van der Waals surface area contributed by atoms with Gasteiger partial charge in [-0.2, -0.15) is 0 Å². The van der Waals surface area contributed by atoms with Gasteiger partial charge in [-0.15, -0.1) is 11.3 Å². The monoisotopic (exact) mass is 252 g/mol. The van der Waals surface area contributed by atoms with Crippen LogP contribution in [0.4, 0.5) is 0 Å². The van der Waals surface area contributed by atoms with Crippen molar-refractivity contribution in [2.24, 2.45) is 4.99 Å². The number of hydrogen-bond donors (Lipinski definition) is 0. The third-order valence-corrected chi connectivity index (χ3v) is 4.43. The van der Waals surface area contributed by atoms with Crippen LogP contribution in [0.1, 0.15) is 17.7 Å². The van der Waals surface area contributed by atoms with E-state index >= 15 is 0 Å². The predicted octanol–water partition coefficient (Wildman–Crippen LogP) is 2.34. The van der Waals surface area contributed by atoms with E-state index in [9.17, 15) is 4.79 Å². The first-order chi connectivity index (χ1) is 7.83. The Labute approximate surface area is 103 Å². The lowest BCUT2D eigenvalue weighted by Gasteiger charge is -2.14. The van der Waals surface area contributed by atoms with Gasteiger partial charge in [-0.1, -0.05) is 17.8 Å². The Bertz CT molecular complexity index is 423. The van der Waals surface area contributed by atoms with Crippen molar-refractivity contribution in [2.75, 3.05) is 5.75 Å². The predicted molar refractivity (Wildman–Crippen MR) is 67.8 cm³/mol. The summed E-state index contributed by atoms with van der Waals surface area (Å²) in [6.07, 6.45) is 2.37. The van der Waals surface area contributed by atoms with Crippen LogP contribution < -0.4 is 0 Å². The Morgan fingerprint density at radius 1 is 1.50 bits per heavy atom. The van der Waals surface area contributed by atoms with Crippen molar-refractivity contribution >= 4 is 34.2 Å². The average Bonchev–Trinajstić information content (AvgIpc) is 2.82. The highest BCUT2D eigenvalue weighted by molar-refractivity contribution is 8.15. The molecule has 1 aliphatic heterocycles. The van der Waals surface area contributed by atoms with E-state index < -0.39 is 0 Å². The maximum absolute atomic E-state index is 11.7. The van der Waals surface area contributed by atoms with Crippen molar-refractivity contribution in [2.45, 2.75) is 25.4 Å². The van der Waals surface area contributed by atoms with Crippen molar-refractivity contribution in [1.29, 1.82) is 0 Å². The lowest BCUT2D eigenvalue weighted by atomic mass is 10.4. The third-order valence-electron chi connectivity index (χ3n) is 2.59.